The molecule has 0 aliphatic carbocycles. The highest BCUT2D eigenvalue weighted by molar-refractivity contribution is 8.00. The number of carbonyl (C=O) groups excluding carboxylic acids is 2. The average Bonchev–Trinajstić information content (AvgIpc) is 2.39. The van der Waals surface area contributed by atoms with Crippen LogP contribution in [0.5, 0.6) is 0 Å². The normalized spacial score (nSPS) is 10.0. The summed E-state index contributed by atoms with van der Waals surface area (Å²) in [5.74, 6) is 0.195. The lowest BCUT2D eigenvalue weighted by atomic mass is 10.3. The average molecular weight is 302 g/mol. The molecule has 19 heavy (non-hydrogen) atoms. The second-order valence-electron chi connectivity index (χ2n) is 3.69. The summed E-state index contributed by atoms with van der Waals surface area (Å²) < 4.78 is 0. The summed E-state index contributed by atoms with van der Waals surface area (Å²) in [7, 11) is 0. The maximum atomic E-state index is 11.6. The van der Waals surface area contributed by atoms with E-state index in [1.165, 1.54) is 11.8 Å². The predicted octanol–water partition coefficient (Wildman–Crippen LogP) is 1.09. The lowest BCUT2D eigenvalue weighted by molar-refractivity contribution is -0.118. The number of nitrogens with two attached hydrogens (primary N) is 1. The van der Waals surface area contributed by atoms with Crippen LogP contribution in [0.1, 0.15) is 0 Å². The summed E-state index contributed by atoms with van der Waals surface area (Å²) in [5.41, 5.74) is 5.94. The topological polar surface area (TPSA) is 84.2 Å². The largest absolute Gasteiger partial charge is 0.354 e. The van der Waals surface area contributed by atoms with Crippen LogP contribution in [-0.2, 0) is 9.59 Å². The molecule has 0 heterocycles. The molecule has 0 bridgehead atoms. The highest BCUT2D eigenvalue weighted by Crippen LogP contribution is 2.13. The maximum Gasteiger partial charge on any atom is 0.234 e. The third-order valence-electron chi connectivity index (χ3n) is 2.06. The van der Waals surface area contributed by atoms with Crippen molar-refractivity contribution in [2.24, 2.45) is 5.73 Å². The summed E-state index contributed by atoms with van der Waals surface area (Å²) in [4.78, 5) is 22.8. The van der Waals surface area contributed by atoms with Gasteiger partial charge < -0.3 is 16.4 Å². The van der Waals surface area contributed by atoms with Crippen molar-refractivity contribution in [3.05, 3.63) is 29.3 Å². The minimum atomic E-state index is -0.154. The first-order valence-corrected chi connectivity index (χ1v) is 7.25. The van der Waals surface area contributed by atoms with E-state index in [2.05, 4.69) is 10.6 Å². The highest BCUT2D eigenvalue weighted by atomic mass is 35.5. The first kappa shape index (κ1) is 15.8. The Hall–Kier alpha value is -1.24. The van der Waals surface area contributed by atoms with Gasteiger partial charge in [0.2, 0.25) is 11.8 Å². The van der Waals surface area contributed by atoms with Gasteiger partial charge in [-0.25, -0.2) is 0 Å². The molecular weight excluding hydrogens is 286 g/mol. The standard InChI is InChI=1S/C12H16ClN3O2S/c13-9-1-3-10(4-2-9)16-12(18)8-19-7-11(17)15-6-5-14/h1-4H,5-8,14H2,(H,15,17)(H,16,18). The van der Waals surface area contributed by atoms with Gasteiger partial charge in [-0.2, -0.15) is 0 Å². The molecule has 2 amide bonds. The number of rotatable bonds is 7. The molecule has 0 unspecified atom stereocenters. The molecule has 1 aromatic rings. The fourth-order valence-corrected chi connectivity index (χ4v) is 2.00. The highest BCUT2D eigenvalue weighted by Gasteiger charge is 2.05. The molecule has 0 aromatic heterocycles. The van der Waals surface area contributed by atoms with Gasteiger partial charge >= 0.3 is 0 Å². The van der Waals surface area contributed by atoms with Crippen molar-refractivity contribution in [3.8, 4) is 0 Å². The summed E-state index contributed by atoms with van der Waals surface area (Å²) in [6.45, 7) is 0.865. The van der Waals surface area contributed by atoms with E-state index in [1.54, 1.807) is 24.3 Å². The Balaban J connectivity index is 2.21. The molecule has 104 valence electrons. The molecule has 4 N–H and O–H groups in total. The van der Waals surface area contributed by atoms with Gasteiger partial charge in [-0.05, 0) is 24.3 Å². The van der Waals surface area contributed by atoms with Gasteiger partial charge in [0.25, 0.3) is 0 Å². The van der Waals surface area contributed by atoms with E-state index in [4.69, 9.17) is 17.3 Å². The Morgan fingerprint density at radius 1 is 1.16 bits per heavy atom. The second kappa shape index (κ2) is 8.79. The van der Waals surface area contributed by atoms with Crippen molar-refractivity contribution in [1.29, 1.82) is 0 Å². The van der Waals surface area contributed by atoms with Gasteiger partial charge in [0, 0.05) is 23.8 Å². The van der Waals surface area contributed by atoms with Crippen LogP contribution in [0.2, 0.25) is 5.02 Å². The van der Waals surface area contributed by atoms with Crippen molar-refractivity contribution >= 4 is 40.9 Å². The van der Waals surface area contributed by atoms with E-state index in [1.807, 2.05) is 0 Å². The molecule has 5 nitrogen and oxygen atoms in total. The van der Waals surface area contributed by atoms with Crippen molar-refractivity contribution in [3.63, 3.8) is 0 Å². The molecule has 1 aromatic carbocycles. The summed E-state index contributed by atoms with van der Waals surface area (Å²) >= 11 is 6.99. The van der Waals surface area contributed by atoms with Crippen molar-refractivity contribution in [1.82, 2.24) is 5.32 Å². The molecule has 0 atom stereocenters. The van der Waals surface area contributed by atoms with Gasteiger partial charge in [-0.3, -0.25) is 9.59 Å². The lowest BCUT2D eigenvalue weighted by Crippen LogP contribution is -2.30. The number of benzene rings is 1. The van der Waals surface area contributed by atoms with Crippen molar-refractivity contribution < 1.29 is 9.59 Å². The quantitative estimate of drug-likeness (QED) is 0.704. The minimum Gasteiger partial charge on any atom is -0.354 e. The number of thioether (sulfide) groups is 1. The van der Waals surface area contributed by atoms with Crippen molar-refractivity contribution in [2.75, 3.05) is 29.9 Å². The fourth-order valence-electron chi connectivity index (χ4n) is 1.23. The smallest absolute Gasteiger partial charge is 0.234 e. The predicted molar refractivity (Wildman–Crippen MR) is 79.5 cm³/mol. The van der Waals surface area contributed by atoms with Crippen LogP contribution in [0.15, 0.2) is 24.3 Å². The van der Waals surface area contributed by atoms with Gasteiger partial charge in [0.05, 0.1) is 11.5 Å². The van der Waals surface area contributed by atoms with Crippen LogP contribution < -0.4 is 16.4 Å². The fraction of sp³-hybridized carbons (Fsp3) is 0.333. The number of carbonyl (C=O) groups is 2. The molecule has 0 radical (unpaired) electrons. The molecule has 1 rings (SSSR count). The first-order chi connectivity index (χ1) is 9.11. The molecule has 0 aliphatic heterocycles. The minimum absolute atomic E-state index is 0.116. The number of amides is 2. The third-order valence-corrected chi connectivity index (χ3v) is 3.25. The SMILES string of the molecule is NCCNC(=O)CSCC(=O)Nc1ccc(Cl)cc1. The molecule has 0 saturated carbocycles. The lowest BCUT2D eigenvalue weighted by Gasteiger charge is -2.05. The first-order valence-electron chi connectivity index (χ1n) is 5.71. The van der Waals surface area contributed by atoms with Crippen LogP contribution in [0.3, 0.4) is 0 Å². The zero-order valence-electron chi connectivity index (χ0n) is 10.3. The molecule has 7 heteroatoms. The maximum absolute atomic E-state index is 11.6. The van der Waals surface area contributed by atoms with Gasteiger partial charge in [0.1, 0.15) is 0 Å². The van der Waals surface area contributed by atoms with Crippen LogP contribution >= 0.6 is 23.4 Å². The van der Waals surface area contributed by atoms with E-state index in [0.717, 1.165) is 0 Å². The molecule has 0 spiro atoms. The van der Waals surface area contributed by atoms with Crippen LogP contribution in [0.25, 0.3) is 0 Å². The molecule has 0 aliphatic rings. The zero-order valence-corrected chi connectivity index (χ0v) is 11.9. The molecule has 0 fully saturated rings. The van der Waals surface area contributed by atoms with Crippen molar-refractivity contribution in [2.45, 2.75) is 0 Å². The van der Waals surface area contributed by atoms with E-state index in [-0.39, 0.29) is 23.3 Å². The Morgan fingerprint density at radius 2 is 1.79 bits per heavy atom. The number of anilines is 1. The third kappa shape index (κ3) is 7.05. The number of halogens is 1. The van der Waals surface area contributed by atoms with Crippen LogP contribution in [-0.4, -0.2) is 36.4 Å². The van der Waals surface area contributed by atoms with Gasteiger partial charge in [-0.15, -0.1) is 11.8 Å². The van der Waals surface area contributed by atoms with E-state index < -0.39 is 0 Å². The van der Waals surface area contributed by atoms with Crippen LogP contribution in [0, 0.1) is 0 Å². The van der Waals surface area contributed by atoms with Gasteiger partial charge in [0.15, 0.2) is 0 Å². The Labute approximate surface area is 121 Å². The number of hydrogen-bond acceptors (Lipinski definition) is 4. The Morgan fingerprint density at radius 3 is 2.42 bits per heavy atom. The molecule has 0 saturated heterocycles. The van der Waals surface area contributed by atoms with E-state index in [0.29, 0.717) is 23.8 Å². The van der Waals surface area contributed by atoms with E-state index in [9.17, 15) is 9.59 Å². The Kier molecular flexibility index (Phi) is 7.32. The molecular formula is C12H16ClN3O2S. The van der Waals surface area contributed by atoms with Gasteiger partial charge in [-0.1, -0.05) is 11.6 Å². The van der Waals surface area contributed by atoms with Crippen LogP contribution in [0.4, 0.5) is 5.69 Å². The summed E-state index contributed by atoms with van der Waals surface area (Å²) in [5, 5.41) is 5.96. The Bertz CT molecular complexity index is 425. The summed E-state index contributed by atoms with van der Waals surface area (Å²) in [6, 6.07) is 6.84. The zero-order chi connectivity index (χ0) is 14.1. The summed E-state index contributed by atoms with van der Waals surface area (Å²) in [6.07, 6.45) is 0. The monoisotopic (exact) mass is 301 g/mol. The van der Waals surface area contributed by atoms with E-state index >= 15 is 0 Å². The second-order valence-corrected chi connectivity index (χ2v) is 5.11. The number of nitrogens with one attached hydrogen (secondary N) is 2. The number of hydrogen-bond donors (Lipinski definition) is 3.